The first-order valence-electron chi connectivity index (χ1n) is 6.42. The molecule has 1 aliphatic heterocycles. The molecule has 2 nitrogen and oxygen atoms in total. The molecule has 0 radical (unpaired) electrons. The number of nitrogens with zero attached hydrogens (tertiary/aromatic N) is 2. The summed E-state index contributed by atoms with van der Waals surface area (Å²) < 4.78 is 0. The second-order valence-electron chi connectivity index (χ2n) is 4.48. The highest BCUT2D eigenvalue weighted by atomic mass is 32.2. The van der Waals surface area contributed by atoms with Gasteiger partial charge in [-0.3, -0.25) is 0 Å². The summed E-state index contributed by atoms with van der Waals surface area (Å²) in [7, 11) is 0. The average molecular weight is 286 g/mol. The normalized spacial score (nSPS) is 11.4. The standard InChI is InChI=1S/C18H10N2S/c19-11-13(12-20)9-10-14-15-5-1-3-7-17(15)21-18-8-4-2-6-16(14)18/h1-10H. The Bertz CT molecular complexity index is 785. The molecule has 0 amide bonds. The van der Waals surface area contributed by atoms with Crippen molar-refractivity contribution in [2.75, 3.05) is 0 Å². The Labute approximate surface area is 127 Å². The molecule has 3 heteroatoms. The van der Waals surface area contributed by atoms with Gasteiger partial charge in [0.15, 0.2) is 0 Å². The van der Waals surface area contributed by atoms with Crippen molar-refractivity contribution < 1.29 is 0 Å². The largest absolute Gasteiger partial charge is 0.192 e. The minimum atomic E-state index is 0.107. The van der Waals surface area contributed by atoms with E-state index in [0.717, 1.165) is 16.7 Å². The van der Waals surface area contributed by atoms with Crippen LogP contribution in [0.3, 0.4) is 0 Å². The highest BCUT2D eigenvalue weighted by molar-refractivity contribution is 7.99. The van der Waals surface area contributed by atoms with Crippen LogP contribution < -0.4 is 0 Å². The van der Waals surface area contributed by atoms with Gasteiger partial charge in [0.2, 0.25) is 0 Å². The van der Waals surface area contributed by atoms with Gasteiger partial charge in [-0.1, -0.05) is 54.2 Å². The van der Waals surface area contributed by atoms with Crippen LogP contribution in [-0.4, -0.2) is 0 Å². The zero-order valence-corrected chi connectivity index (χ0v) is 11.9. The average Bonchev–Trinajstić information content (AvgIpc) is 2.54. The summed E-state index contributed by atoms with van der Waals surface area (Å²) in [5.74, 6) is 0. The lowest BCUT2D eigenvalue weighted by Crippen LogP contribution is -1.98. The maximum Gasteiger partial charge on any atom is 0.129 e. The fourth-order valence-electron chi connectivity index (χ4n) is 2.27. The van der Waals surface area contributed by atoms with Crippen molar-refractivity contribution in [3.05, 3.63) is 77.4 Å². The predicted molar refractivity (Wildman–Crippen MR) is 83.4 cm³/mol. The fraction of sp³-hybridized carbons (Fsp3) is 0. The van der Waals surface area contributed by atoms with Gasteiger partial charge >= 0.3 is 0 Å². The third-order valence-electron chi connectivity index (χ3n) is 3.23. The van der Waals surface area contributed by atoms with Crippen LogP contribution in [0.5, 0.6) is 0 Å². The molecule has 0 saturated carbocycles. The SMILES string of the molecule is N#CC(C#N)=CC=C1c2ccccc2Sc2ccccc21. The first-order valence-corrected chi connectivity index (χ1v) is 7.24. The van der Waals surface area contributed by atoms with Crippen LogP contribution in [0.25, 0.3) is 5.57 Å². The van der Waals surface area contributed by atoms with Crippen LogP contribution in [-0.2, 0) is 0 Å². The molecule has 0 aromatic heterocycles. The molecule has 98 valence electrons. The van der Waals surface area contributed by atoms with E-state index in [4.69, 9.17) is 10.5 Å². The smallest absolute Gasteiger partial charge is 0.129 e. The van der Waals surface area contributed by atoms with Crippen molar-refractivity contribution >= 4 is 17.3 Å². The monoisotopic (exact) mass is 286 g/mol. The maximum atomic E-state index is 8.87. The van der Waals surface area contributed by atoms with Crippen molar-refractivity contribution in [2.24, 2.45) is 0 Å². The molecule has 1 heterocycles. The van der Waals surface area contributed by atoms with Crippen LogP contribution >= 0.6 is 11.8 Å². The summed E-state index contributed by atoms with van der Waals surface area (Å²) in [6.45, 7) is 0. The number of rotatable bonds is 1. The van der Waals surface area contributed by atoms with E-state index in [0.29, 0.717) is 0 Å². The van der Waals surface area contributed by atoms with Gasteiger partial charge in [0, 0.05) is 9.79 Å². The third kappa shape index (κ3) is 2.48. The van der Waals surface area contributed by atoms with Crippen LogP contribution in [0.2, 0.25) is 0 Å². The summed E-state index contributed by atoms with van der Waals surface area (Å²) >= 11 is 1.74. The molecule has 0 unspecified atom stereocenters. The van der Waals surface area contributed by atoms with Crippen LogP contribution in [0, 0.1) is 22.7 Å². The Balaban J connectivity index is 2.21. The van der Waals surface area contributed by atoms with E-state index in [1.165, 1.54) is 9.79 Å². The van der Waals surface area contributed by atoms with Crippen molar-refractivity contribution in [3.8, 4) is 12.1 Å². The molecular formula is C18H10N2S. The number of benzene rings is 2. The number of nitriles is 2. The number of hydrogen-bond donors (Lipinski definition) is 0. The fourth-order valence-corrected chi connectivity index (χ4v) is 3.37. The van der Waals surface area contributed by atoms with Gasteiger partial charge in [-0.05, 0) is 34.9 Å². The topological polar surface area (TPSA) is 47.6 Å². The van der Waals surface area contributed by atoms with E-state index < -0.39 is 0 Å². The molecule has 0 spiro atoms. The minimum absolute atomic E-state index is 0.107. The minimum Gasteiger partial charge on any atom is -0.192 e. The molecule has 3 rings (SSSR count). The van der Waals surface area contributed by atoms with Crippen molar-refractivity contribution in [1.82, 2.24) is 0 Å². The molecule has 0 bridgehead atoms. The molecule has 21 heavy (non-hydrogen) atoms. The molecule has 0 fully saturated rings. The highest BCUT2D eigenvalue weighted by Crippen LogP contribution is 2.45. The molecule has 1 aliphatic rings. The Morgan fingerprint density at radius 3 is 1.90 bits per heavy atom. The van der Waals surface area contributed by atoms with Crippen LogP contribution in [0.4, 0.5) is 0 Å². The number of hydrogen-bond acceptors (Lipinski definition) is 3. The zero-order valence-electron chi connectivity index (χ0n) is 11.1. The molecule has 0 aliphatic carbocycles. The van der Waals surface area contributed by atoms with E-state index in [1.807, 2.05) is 42.5 Å². The lowest BCUT2D eigenvalue weighted by molar-refractivity contribution is 1.29. The number of fused-ring (bicyclic) bond motifs is 2. The van der Waals surface area contributed by atoms with Crippen molar-refractivity contribution in [1.29, 1.82) is 10.5 Å². The van der Waals surface area contributed by atoms with E-state index in [9.17, 15) is 0 Å². The highest BCUT2D eigenvalue weighted by Gasteiger charge is 2.19. The first-order chi connectivity index (χ1) is 10.3. The van der Waals surface area contributed by atoms with Gasteiger partial charge in [-0.15, -0.1) is 0 Å². The van der Waals surface area contributed by atoms with Crippen molar-refractivity contribution in [3.63, 3.8) is 0 Å². The van der Waals surface area contributed by atoms with Crippen LogP contribution in [0.1, 0.15) is 11.1 Å². The molecule has 0 atom stereocenters. The zero-order chi connectivity index (χ0) is 14.7. The lowest BCUT2D eigenvalue weighted by Gasteiger charge is -2.21. The van der Waals surface area contributed by atoms with Gasteiger partial charge in [0.25, 0.3) is 0 Å². The predicted octanol–water partition coefficient (Wildman–Crippen LogP) is 4.56. The molecule has 2 aromatic rings. The number of allylic oxidation sites excluding steroid dienone is 3. The molecule has 2 aromatic carbocycles. The second-order valence-corrected chi connectivity index (χ2v) is 5.56. The third-order valence-corrected chi connectivity index (χ3v) is 4.38. The van der Waals surface area contributed by atoms with E-state index in [-0.39, 0.29) is 5.57 Å². The lowest BCUT2D eigenvalue weighted by atomic mass is 9.96. The van der Waals surface area contributed by atoms with Gasteiger partial charge in [0.1, 0.15) is 17.7 Å². The maximum absolute atomic E-state index is 8.87. The van der Waals surface area contributed by atoms with E-state index >= 15 is 0 Å². The second kappa shape index (κ2) is 5.71. The van der Waals surface area contributed by atoms with Gasteiger partial charge in [0.05, 0.1) is 0 Å². The first kappa shape index (κ1) is 13.2. The summed E-state index contributed by atoms with van der Waals surface area (Å²) in [6.07, 6.45) is 3.44. The quantitative estimate of drug-likeness (QED) is 0.616. The Hall–Kier alpha value is -2.75. The van der Waals surface area contributed by atoms with E-state index in [2.05, 4.69) is 24.3 Å². The molecule has 0 saturated heterocycles. The summed E-state index contributed by atoms with van der Waals surface area (Å²) in [5, 5.41) is 17.7. The molecule has 0 N–H and O–H groups in total. The van der Waals surface area contributed by atoms with Gasteiger partial charge in [-0.2, -0.15) is 10.5 Å². The Morgan fingerprint density at radius 1 is 0.857 bits per heavy atom. The summed E-state index contributed by atoms with van der Waals surface area (Å²) in [5.41, 5.74) is 3.42. The Kier molecular flexibility index (Phi) is 3.60. The van der Waals surface area contributed by atoms with Crippen molar-refractivity contribution in [2.45, 2.75) is 9.79 Å². The summed E-state index contributed by atoms with van der Waals surface area (Å²) in [4.78, 5) is 2.37. The summed E-state index contributed by atoms with van der Waals surface area (Å²) in [6, 6.07) is 20.1. The van der Waals surface area contributed by atoms with E-state index in [1.54, 1.807) is 17.8 Å². The molecular weight excluding hydrogens is 276 g/mol. The van der Waals surface area contributed by atoms with Crippen LogP contribution in [0.15, 0.2) is 76.0 Å². The van der Waals surface area contributed by atoms with Gasteiger partial charge < -0.3 is 0 Å². The van der Waals surface area contributed by atoms with Gasteiger partial charge in [-0.25, -0.2) is 0 Å². The Morgan fingerprint density at radius 2 is 1.38 bits per heavy atom.